The molecule has 0 aromatic heterocycles. The van der Waals surface area contributed by atoms with Gasteiger partial charge < -0.3 is 9.64 Å². The molecular weight excluding hydrogens is 378 g/mol. The van der Waals surface area contributed by atoms with Gasteiger partial charge in [0.15, 0.2) is 6.17 Å². The minimum absolute atomic E-state index is 0.131. The van der Waals surface area contributed by atoms with Crippen molar-refractivity contribution in [2.45, 2.75) is 18.8 Å². The molecule has 0 aliphatic carbocycles. The fourth-order valence-corrected chi connectivity index (χ4v) is 3.58. The van der Waals surface area contributed by atoms with Gasteiger partial charge in [0, 0.05) is 12.7 Å². The summed E-state index contributed by atoms with van der Waals surface area (Å²) in [5.74, 6) is -0.266. The summed E-state index contributed by atoms with van der Waals surface area (Å²) in [6.45, 7) is 0.131. The molecule has 0 bridgehead atoms. The third-order valence-electron chi connectivity index (χ3n) is 5.13. The van der Waals surface area contributed by atoms with Gasteiger partial charge in [0.25, 0.3) is 5.91 Å². The summed E-state index contributed by atoms with van der Waals surface area (Å²) < 4.78 is 5.31. The zero-order valence-corrected chi connectivity index (χ0v) is 16.6. The SMILES string of the molecule is CN1C(=O)[C@H](NC(=O)OCc2ccccc2)NC(c2ccccc2)c2ccccc21. The second kappa shape index (κ2) is 8.80. The van der Waals surface area contributed by atoms with Crippen molar-refractivity contribution in [3.8, 4) is 0 Å². The van der Waals surface area contributed by atoms with Crippen molar-refractivity contribution >= 4 is 17.7 Å². The highest BCUT2D eigenvalue weighted by atomic mass is 16.5. The number of para-hydroxylation sites is 1. The van der Waals surface area contributed by atoms with E-state index in [1.54, 1.807) is 11.9 Å². The Bertz CT molecular complexity index is 1020. The molecule has 1 aliphatic rings. The highest BCUT2D eigenvalue weighted by molar-refractivity contribution is 5.99. The topological polar surface area (TPSA) is 70.7 Å². The van der Waals surface area contributed by atoms with Crippen LogP contribution in [0.3, 0.4) is 0 Å². The van der Waals surface area contributed by atoms with Gasteiger partial charge >= 0.3 is 6.09 Å². The molecule has 3 aromatic rings. The Morgan fingerprint density at radius 2 is 1.60 bits per heavy atom. The van der Waals surface area contributed by atoms with Crippen LogP contribution in [0.2, 0.25) is 0 Å². The van der Waals surface area contributed by atoms with Crippen molar-refractivity contribution in [2.24, 2.45) is 0 Å². The van der Waals surface area contributed by atoms with E-state index in [0.717, 1.165) is 22.4 Å². The molecule has 1 heterocycles. The normalized spacial score (nSPS) is 18.3. The van der Waals surface area contributed by atoms with Crippen molar-refractivity contribution in [2.75, 3.05) is 11.9 Å². The molecule has 0 fully saturated rings. The highest BCUT2D eigenvalue weighted by Crippen LogP contribution is 2.33. The van der Waals surface area contributed by atoms with E-state index in [0.29, 0.717) is 0 Å². The van der Waals surface area contributed by atoms with E-state index < -0.39 is 12.3 Å². The molecule has 30 heavy (non-hydrogen) atoms. The van der Waals surface area contributed by atoms with Crippen LogP contribution in [-0.2, 0) is 16.1 Å². The average molecular weight is 401 g/mol. The summed E-state index contributed by atoms with van der Waals surface area (Å²) in [5, 5.41) is 5.97. The number of nitrogens with one attached hydrogen (secondary N) is 2. The van der Waals surface area contributed by atoms with Crippen LogP contribution >= 0.6 is 0 Å². The Kier molecular flexibility index (Phi) is 5.77. The molecule has 0 radical (unpaired) electrons. The molecule has 0 saturated heterocycles. The molecule has 0 saturated carbocycles. The first-order chi connectivity index (χ1) is 14.6. The maximum absolute atomic E-state index is 13.1. The molecule has 2 N–H and O–H groups in total. The van der Waals surface area contributed by atoms with Crippen molar-refractivity contribution < 1.29 is 14.3 Å². The number of fused-ring (bicyclic) bond motifs is 1. The molecule has 2 amide bonds. The van der Waals surface area contributed by atoms with E-state index >= 15 is 0 Å². The molecular formula is C24H23N3O3. The molecule has 2 atom stereocenters. The first kappa shape index (κ1) is 19.7. The number of anilines is 1. The molecule has 152 valence electrons. The average Bonchev–Trinajstić information content (AvgIpc) is 2.90. The standard InChI is InChI=1S/C24H23N3O3/c1-27-20-15-9-8-14-19(20)21(18-12-6-3-7-13-18)25-22(23(27)28)26-24(29)30-16-17-10-4-2-5-11-17/h2-15,21-22,25H,16H2,1H3,(H,26,29)/t21?,22-/m0/s1. The van der Waals surface area contributed by atoms with E-state index in [-0.39, 0.29) is 18.6 Å². The lowest BCUT2D eigenvalue weighted by Crippen LogP contribution is -2.54. The van der Waals surface area contributed by atoms with Gasteiger partial charge in [-0.15, -0.1) is 0 Å². The van der Waals surface area contributed by atoms with Crippen LogP contribution in [0.4, 0.5) is 10.5 Å². The Balaban J connectivity index is 1.56. The van der Waals surface area contributed by atoms with Crippen molar-refractivity contribution in [1.29, 1.82) is 0 Å². The first-order valence-corrected chi connectivity index (χ1v) is 9.78. The van der Waals surface area contributed by atoms with Gasteiger partial charge in [-0.3, -0.25) is 15.4 Å². The second-order valence-corrected chi connectivity index (χ2v) is 7.11. The molecule has 1 unspecified atom stereocenters. The Morgan fingerprint density at radius 1 is 0.967 bits per heavy atom. The summed E-state index contributed by atoms with van der Waals surface area (Å²) in [4.78, 5) is 27.1. The molecule has 3 aromatic carbocycles. The van der Waals surface area contributed by atoms with Crippen LogP contribution in [0.5, 0.6) is 0 Å². The number of amides is 2. The maximum atomic E-state index is 13.1. The predicted octanol–water partition coefficient (Wildman–Crippen LogP) is 3.59. The van der Waals surface area contributed by atoms with E-state index in [4.69, 9.17) is 4.74 Å². The zero-order chi connectivity index (χ0) is 20.9. The monoisotopic (exact) mass is 401 g/mol. The number of hydrogen-bond donors (Lipinski definition) is 2. The number of benzene rings is 3. The minimum atomic E-state index is -0.934. The number of nitrogens with zero attached hydrogens (tertiary/aromatic N) is 1. The van der Waals surface area contributed by atoms with Crippen molar-refractivity contribution in [3.05, 3.63) is 102 Å². The summed E-state index contributed by atoms with van der Waals surface area (Å²) >= 11 is 0. The van der Waals surface area contributed by atoms with E-state index in [1.807, 2.05) is 84.9 Å². The number of carbonyl (C=O) groups excluding carboxylic acids is 2. The van der Waals surface area contributed by atoms with E-state index in [9.17, 15) is 9.59 Å². The van der Waals surface area contributed by atoms with Crippen LogP contribution in [-0.4, -0.2) is 25.2 Å². The number of likely N-dealkylation sites (N-methyl/N-ethyl adjacent to an activating group) is 1. The first-order valence-electron chi connectivity index (χ1n) is 9.78. The summed E-state index contributed by atoms with van der Waals surface area (Å²) in [5.41, 5.74) is 3.63. The largest absolute Gasteiger partial charge is 0.445 e. The Hall–Kier alpha value is -3.64. The van der Waals surface area contributed by atoms with Gasteiger partial charge in [-0.1, -0.05) is 78.9 Å². The van der Waals surface area contributed by atoms with Crippen molar-refractivity contribution in [3.63, 3.8) is 0 Å². The maximum Gasteiger partial charge on any atom is 0.409 e. The number of alkyl carbamates (subject to hydrolysis) is 1. The van der Waals surface area contributed by atoms with E-state index in [2.05, 4.69) is 10.6 Å². The number of ether oxygens (including phenoxy) is 1. The van der Waals surface area contributed by atoms with Crippen LogP contribution in [0.15, 0.2) is 84.9 Å². The van der Waals surface area contributed by atoms with E-state index in [1.165, 1.54) is 0 Å². The third-order valence-corrected chi connectivity index (χ3v) is 5.13. The van der Waals surface area contributed by atoms with Gasteiger partial charge in [0.2, 0.25) is 0 Å². The Labute approximate surface area is 175 Å². The van der Waals surface area contributed by atoms with Crippen LogP contribution in [0, 0.1) is 0 Å². The number of carbonyl (C=O) groups is 2. The van der Waals surface area contributed by atoms with Gasteiger partial charge in [-0.2, -0.15) is 0 Å². The van der Waals surface area contributed by atoms with Crippen LogP contribution in [0.25, 0.3) is 0 Å². The summed E-state index contributed by atoms with van der Waals surface area (Å²) in [6.07, 6.45) is -1.59. The van der Waals surface area contributed by atoms with Gasteiger partial charge in [-0.25, -0.2) is 4.79 Å². The van der Waals surface area contributed by atoms with Gasteiger partial charge in [-0.05, 0) is 22.8 Å². The lowest BCUT2D eigenvalue weighted by molar-refractivity contribution is -0.121. The highest BCUT2D eigenvalue weighted by Gasteiger charge is 2.34. The lowest BCUT2D eigenvalue weighted by atomic mass is 9.97. The smallest absolute Gasteiger partial charge is 0.409 e. The molecule has 1 aliphatic heterocycles. The third kappa shape index (κ3) is 4.18. The molecule has 0 spiro atoms. The minimum Gasteiger partial charge on any atom is -0.445 e. The summed E-state index contributed by atoms with van der Waals surface area (Å²) in [7, 11) is 1.71. The number of rotatable bonds is 4. The van der Waals surface area contributed by atoms with Crippen LogP contribution in [0.1, 0.15) is 22.7 Å². The second-order valence-electron chi connectivity index (χ2n) is 7.11. The van der Waals surface area contributed by atoms with Gasteiger partial charge in [0.05, 0.1) is 6.04 Å². The molecule has 6 nitrogen and oxygen atoms in total. The quantitative estimate of drug-likeness (QED) is 0.701. The molecule has 4 rings (SSSR count). The lowest BCUT2D eigenvalue weighted by Gasteiger charge is -2.23. The Morgan fingerprint density at radius 3 is 2.33 bits per heavy atom. The molecule has 6 heteroatoms. The fourth-order valence-electron chi connectivity index (χ4n) is 3.58. The predicted molar refractivity (Wildman–Crippen MR) is 115 cm³/mol. The summed E-state index contributed by atoms with van der Waals surface area (Å²) in [6, 6.07) is 26.7. The van der Waals surface area contributed by atoms with Crippen LogP contribution < -0.4 is 15.5 Å². The van der Waals surface area contributed by atoms with Gasteiger partial charge in [0.1, 0.15) is 6.61 Å². The zero-order valence-electron chi connectivity index (χ0n) is 16.6. The van der Waals surface area contributed by atoms with Crippen molar-refractivity contribution in [1.82, 2.24) is 10.6 Å². The fraction of sp³-hybridized carbons (Fsp3) is 0.167. The number of hydrogen-bond acceptors (Lipinski definition) is 4.